The zero-order valence-corrected chi connectivity index (χ0v) is 21.7. The minimum absolute atomic E-state index is 0.266. The molecule has 15 nitrogen and oxygen atoms in total. The maximum Gasteiger partial charge on any atom is 0.364 e. The quantitative estimate of drug-likeness (QED) is 0.130. The summed E-state index contributed by atoms with van der Waals surface area (Å²) in [6, 6.07) is 6.98. The van der Waals surface area contributed by atoms with E-state index in [0.29, 0.717) is 5.56 Å². The van der Waals surface area contributed by atoms with E-state index >= 15 is 0 Å². The fourth-order valence-electron chi connectivity index (χ4n) is 3.94. The number of aliphatic carboxylic acids is 1. The molecule has 1 aromatic rings. The van der Waals surface area contributed by atoms with Gasteiger partial charge >= 0.3 is 29.8 Å². The van der Waals surface area contributed by atoms with Crippen LogP contribution in [0.3, 0.4) is 0 Å². The lowest BCUT2D eigenvalue weighted by Gasteiger charge is -2.46. The smallest absolute Gasteiger partial charge is 0.364 e. The lowest BCUT2D eigenvalue weighted by Crippen LogP contribution is -2.65. The van der Waals surface area contributed by atoms with E-state index in [9.17, 15) is 34.6 Å². The molecule has 212 valence electrons. The summed E-state index contributed by atoms with van der Waals surface area (Å²) in [4.78, 5) is 62.7. The van der Waals surface area contributed by atoms with E-state index < -0.39 is 79.1 Å². The third kappa shape index (κ3) is 8.95. The van der Waals surface area contributed by atoms with Gasteiger partial charge in [0.2, 0.25) is 0 Å². The van der Waals surface area contributed by atoms with Gasteiger partial charge in [0.25, 0.3) is 5.79 Å². The summed E-state index contributed by atoms with van der Waals surface area (Å²) in [5, 5.41) is 13.8. The monoisotopic (exact) mass is 551 g/mol. The van der Waals surface area contributed by atoms with E-state index in [2.05, 4.69) is 10.0 Å². The van der Waals surface area contributed by atoms with Gasteiger partial charge in [-0.3, -0.25) is 19.2 Å². The maximum atomic E-state index is 12.6. The van der Waals surface area contributed by atoms with Crippen molar-refractivity contribution in [1.29, 1.82) is 0 Å². The van der Waals surface area contributed by atoms with Crippen molar-refractivity contribution in [2.45, 2.75) is 77.0 Å². The molecule has 39 heavy (non-hydrogen) atoms. The van der Waals surface area contributed by atoms with E-state index in [1.165, 1.54) is 0 Å². The fourth-order valence-corrected chi connectivity index (χ4v) is 3.94. The normalized spacial score (nSPS) is 23.7. The number of carboxylic acid groups (broad SMARTS) is 1. The Morgan fingerprint density at radius 2 is 1.69 bits per heavy atom. The molecule has 1 saturated heterocycles. The van der Waals surface area contributed by atoms with Crippen molar-refractivity contribution >= 4 is 29.8 Å². The molecular formula is C24H29N3O12. The molecule has 0 aliphatic carbocycles. The average molecular weight is 552 g/mol. The van der Waals surface area contributed by atoms with E-state index in [1.54, 1.807) is 30.3 Å². The second-order valence-corrected chi connectivity index (χ2v) is 8.49. The van der Waals surface area contributed by atoms with Crippen LogP contribution >= 0.6 is 0 Å². The van der Waals surface area contributed by atoms with Crippen LogP contribution in [0.15, 0.2) is 35.4 Å². The molecule has 1 N–H and O–H groups in total. The van der Waals surface area contributed by atoms with Crippen LogP contribution in [0.2, 0.25) is 0 Å². The highest BCUT2D eigenvalue weighted by Gasteiger charge is 2.58. The largest absolute Gasteiger partial charge is 0.477 e. The van der Waals surface area contributed by atoms with Crippen LogP contribution in [0, 0.1) is 0 Å². The van der Waals surface area contributed by atoms with Gasteiger partial charge in [-0.05, 0) is 11.1 Å². The first kappa shape index (κ1) is 31.0. The topological polar surface area (TPSA) is 210 Å². The Bertz CT molecular complexity index is 1110. The Hall–Kier alpha value is -4.20. The lowest BCUT2D eigenvalue weighted by atomic mass is 9.88. The number of rotatable bonds is 12. The number of ether oxygens (including phenoxy) is 6. The highest BCUT2D eigenvalue weighted by atomic mass is 16.7. The van der Waals surface area contributed by atoms with Gasteiger partial charge in [0.05, 0.1) is 13.0 Å². The first-order chi connectivity index (χ1) is 18.4. The third-order valence-electron chi connectivity index (χ3n) is 5.42. The van der Waals surface area contributed by atoms with Crippen molar-refractivity contribution < 1.29 is 57.5 Å². The van der Waals surface area contributed by atoms with E-state index in [1.807, 2.05) is 0 Å². The molecule has 0 aromatic heterocycles. The molecule has 0 unspecified atom stereocenters. The molecule has 1 aromatic carbocycles. The molecule has 0 saturated carbocycles. The molecule has 15 heteroatoms. The minimum atomic E-state index is -2.51. The maximum absolute atomic E-state index is 12.6. The van der Waals surface area contributed by atoms with Gasteiger partial charge < -0.3 is 33.5 Å². The van der Waals surface area contributed by atoms with Gasteiger partial charge in [0.15, 0.2) is 12.2 Å². The van der Waals surface area contributed by atoms with Crippen LogP contribution < -0.4 is 0 Å². The van der Waals surface area contributed by atoms with E-state index in [0.717, 1.165) is 27.7 Å². The molecular weight excluding hydrogens is 522 g/mol. The molecule has 0 radical (unpaired) electrons. The molecule has 1 aliphatic rings. The Balaban J connectivity index is 2.65. The standard InChI is InChI=1S/C24H29N3O12/c1-13(28)34-12-19(37-15(3)30)21(38-16(4)31)22-20(26-27-25)18(36-14(2)29)10-24(39-22,23(32)33)35-11-17-8-6-5-7-9-17/h5-9,18-22H,10-12H2,1-4H3,(H,32,33)/t18-,19+,20+,21+,22+,24+/m0/s1. The number of esters is 4. The fraction of sp³-hybridized carbons (Fsp3) is 0.542. The number of carbonyl (C=O) groups is 5. The highest BCUT2D eigenvalue weighted by molar-refractivity contribution is 5.76. The zero-order chi connectivity index (χ0) is 29.2. The number of benzene rings is 1. The predicted octanol–water partition coefficient (Wildman–Crippen LogP) is 1.81. The minimum Gasteiger partial charge on any atom is -0.477 e. The number of carboxylic acids is 1. The van der Waals surface area contributed by atoms with Crippen LogP contribution in [0.5, 0.6) is 0 Å². The summed E-state index contributed by atoms with van der Waals surface area (Å²) in [5.74, 6) is -7.56. The molecule has 2 rings (SSSR count). The number of hydrogen-bond donors (Lipinski definition) is 1. The Morgan fingerprint density at radius 3 is 2.21 bits per heavy atom. The molecule has 0 amide bonds. The highest BCUT2D eigenvalue weighted by Crippen LogP contribution is 2.38. The molecule has 1 fully saturated rings. The first-order valence-corrected chi connectivity index (χ1v) is 11.7. The lowest BCUT2D eigenvalue weighted by molar-refractivity contribution is -0.314. The average Bonchev–Trinajstić information content (AvgIpc) is 2.85. The number of hydrogen-bond acceptors (Lipinski definition) is 12. The van der Waals surface area contributed by atoms with E-state index in [4.69, 9.17) is 28.4 Å². The van der Waals surface area contributed by atoms with Crippen molar-refractivity contribution in [1.82, 2.24) is 0 Å². The number of azide groups is 1. The second-order valence-electron chi connectivity index (χ2n) is 8.49. The summed E-state index contributed by atoms with van der Waals surface area (Å²) in [5.41, 5.74) is 9.83. The van der Waals surface area contributed by atoms with Crippen LogP contribution in [0.25, 0.3) is 10.4 Å². The Labute approximate surface area is 222 Å². The molecule has 0 bridgehead atoms. The van der Waals surface area contributed by atoms with Crippen LogP contribution in [-0.2, 0) is 59.0 Å². The van der Waals surface area contributed by atoms with Crippen LogP contribution in [0.4, 0.5) is 0 Å². The van der Waals surface area contributed by atoms with Gasteiger partial charge in [0.1, 0.15) is 24.9 Å². The van der Waals surface area contributed by atoms with E-state index in [-0.39, 0.29) is 6.61 Å². The second kappa shape index (κ2) is 14.1. The van der Waals surface area contributed by atoms with Crippen molar-refractivity contribution in [3.8, 4) is 0 Å². The van der Waals surface area contributed by atoms with Gasteiger partial charge in [-0.1, -0.05) is 35.4 Å². The summed E-state index contributed by atoms with van der Waals surface area (Å²) in [6.45, 7) is 3.27. The summed E-state index contributed by atoms with van der Waals surface area (Å²) in [7, 11) is 0. The third-order valence-corrected chi connectivity index (χ3v) is 5.42. The predicted molar refractivity (Wildman–Crippen MR) is 127 cm³/mol. The molecule has 6 atom stereocenters. The molecule has 1 heterocycles. The first-order valence-electron chi connectivity index (χ1n) is 11.7. The van der Waals surface area contributed by atoms with Gasteiger partial charge in [-0.2, -0.15) is 0 Å². The van der Waals surface area contributed by atoms with Crippen LogP contribution in [-0.4, -0.2) is 77.8 Å². The van der Waals surface area contributed by atoms with Gasteiger partial charge in [0, 0.05) is 32.6 Å². The van der Waals surface area contributed by atoms with Crippen molar-refractivity contribution in [2.24, 2.45) is 5.11 Å². The van der Waals surface area contributed by atoms with Crippen molar-refractivity contribution in [2.75, 3.05) is 6.61 Å². The number of carbonyl (C=O) groups excluding carboxylic acids is 4. The summed E-state index contributed by atoms with van der Waals surface area (Å²) in [6.07, 6.45) is -7.06. The van der Waals surface area contributed by atoms with Crippen LogP contribution in [0.1, 0.15) is 39.7 Å². The van der Waals surface area contributed by atoms with Crippen molar-refractivity contribution in [3.63, 3.8) is 0 Å². The molecule has 0 spiro atoms. The summed E-state index contributed by atoms with van der Waals surface area (Å²) >= 11 is 0. The van der Waals surface area contributed by atoms with Crippen molar-refractivity contribution in [3.05, 3.63) is 46.3 Å². The summed E-state index contributed by atoms with van der Waals surface area (Å²) < 4.78 is 32.4. The SMILES string of the molecule is CC(=O)OC[C@@H](OC(C)=O)[C@@H](OC(C)=O)[C@@H]1O[C@@](OCc2ccccc2)(C(=O)O)C[C@H](OC(C)=O)[C@H]1N=[N+]=[N-]. The Morgan fingerprint density at radius 1 is 1.05 bits per heavy atom. The van der Waals surface area contributed by atoms with Gasteiger partial charge in [-0.25, -0.2) is 4.79 Å². The van der Waals surface area contributed by atoms with Gasteiger partial charge in [-0.15, -0.1) is 0 Å². The Kier molecular flexibility index (Phi) is 11.2. The zero-order valence-electron chi connectivity index (χ0n) is 21.7. The molecule has 1 aliphatic heterocycles. The number of nitrogens with zero attached hydrogens (tertiary/aromatic N) is 3.